The molecule has 0 unspecified atom stereocenters. The van der Waals surface area contributed by atoms with Gasteiger partial charge < -0.3 is 4.74 Å². The lowest BCUT2D eigenvalue weighted by Crippen LogP contribution is -2.07. The highest BCUT2D eigenvalue weighted by Gasteiger charge is 2.28. The molecule has 1 aliphatic rings. The van der Waals surface area contributed by atoms with E-state index in [4.69, 9.17) is 4.74 Å². The molecule has 75 valence electrons. The molecule has 1 saturated carbocycles. The van der Waals surface area contributed by atoms with Crippen molar-refractivity contribution in [1.29, 1.82) is 0 Å². The summed E-state index contributed by atoms with van der Waals surface area (Å²) in [6.45, 7) is 8.19. The Hall–Kier alpha value is -0.980. The third-order valence-electron chi connectivity index (χ3n) is 2.50. The van der Waals surface area contributed by atoms with Gasteiger partial charge in [0.2, 0.25) is 0 Å². The van der Waals surface area contributed by atoms with Gasteiger partial charge in [0, 0.05) is 5.56 Å². The standard InChI is InChI=1S/C13H17O/c1-9(2)14-12-6-4-5-10(3)13(12)11-7-8-11/h4-6,9,11H,3,7-8H2,1-2H3. The average Bonchev–Trinajstić information content (AvgIpc) is 2.86. The van der Waals surface area contributed by atoms with Crippen molar-refractivity contribution in [1.82, 2.24) is 0 Å². The Morgan fingerprint density at radius 2 is 2.07 bits per heavy atom. The Morgan fingerprint density at radius 1 is 1.36 bits per heavy atom. The zero-order valence-corrected chi connectivity index (χ0v) is 8.92. The van der Waals surface area contributed by atoms with E-state index in [0.717, 1.165) is 11.3 Å². The van der Waals surface area contributed by atoms with Gasteiger partial charge in [-0.05, 0) is 51.2 Å². The fourth-order valence-electron chi connectivity index (χ4n) is 1.78. The molecule has 1 aliphatic carbocycles. The molecule has 0 heterocycles. The first kappa shape index (κ1) is 9.57. The minimum absolute atomic E-state index is 0.245. The van der Waals surface area contributed by atoms with Gasteiger partial charge in [0.15, 0.2) is 0 Å². The van der Waals surface area contributed by atoms with E-state index in [1.807, 2.05) is 6.07 Å². The number of hydrogen-bond acceptors (Lipinski definition) is 1. The van der Waals surface area contributed by atoms with Gasteiger partial charge in [-0.2, -0.15) is 0 Å². The van der Waals surface area contributed by atoms with Crippen LogP contribution in [0.3, 0.4) is 0 Å². The molecular formula is C13H17O. The van der Waals surface area contributed by atoms with Crippen LogP contribution in [-0.4, -0.2) is 6.10 Å². The third kappa shape index (κ3) is 1.92. The molecule has 1 aromatic rings. The lowest BCUT2D eigenvalue weighted by Gasteiger charge is -2.15. The lowest BCUT2D eigenvalue weighted by molar-refractivity contribution is 0.240. The normalized spacial score (nSPS) is 16.0. The van der Waals surface area contributed by atoms with Crippen LogP contribution >= 0.6 is 0 Å². The van der Waals surface area contributed by atoms with Gasteiger partial charge in [-0.25, -0.2) is 0 Å². The minimum atomic E-state index is 0.245. The molecule has 0 bridgehead atoms. The maximum absolute atomic E-state index is 5.79. The van der Waals surface area contributed by atoms with Crippen LogP contribution in [0.25, 0.3) is 0 Å². The van der Waals surface area contributed by atoms with Gasteiger partial charge in [0.25, 0.3) is 0 Å². The van der Waals surface area contributed by atoms with Crippen LogP contribution in [0.15, 0.2) is 18.2 Å². The van der Waals surface area contributed by atoms with Gasteiger partial charge in [0.05, 0.1) is 6.10 Å². The first-order valence-electron chi connectivity index (χ1n) is 5.30. The number of ether oxygens (including phenoxy) is 1. The Kier molecular flexibility index (Phi) is 2.49. The molecule has 1 nitrogen and oxygen atoms in total. The molecule has 0 N–H and O–H groups in total. The SMILES string of the molecule is [CH2]c1cccc(OC(C)C)c1C1CC1. The van der Waals surface area contributed by atoms with E-state index in [0.29, 0.717) is 5.92 Å². The van der Waals surface area contributed by atoms with Crippen molar-refractivity contribution in [2.24, 2.45) is 0 Å². The fraction of sp³-hybridized carbons (Fsp3) is 0.462. The molecule has 0 amide bonds. The zero-order valence-electron chi connectivity index (χ0n) is 8.92. The summed E-state index contributed by atoms with van der Waals surface area (Å²) < 4.78 is 5.79. The van der Waals surface area contributed by atoms with Crippen LogP contribution in [0.4, 0.5) is 0 Å². The van der Waals surface area contributed by atoms with Gasteiger partial charge in [-0.3, -0.25) is 0 Å². The highest BCUT2D eigenvalue weighted by atomic mass is 16.5. The molecule has 0 saturated heterocycles. The first-order chi connectivity index (χ1) is 6.68. The molecule has 1 heteroatoms. The monoisotopic (exact) mass is 189 g/mol. The second-order valence-corrected chi connectivity index (χ2v) is 4.27. The van der Waals surface area contributed by atoms with Crippen LogP contribution in [-0.2, 0) is 0 Å². The highest BCUT2D eigenvalue weighted by molar-refractivity contribution is 5.46. The summed E-state index contributed by atoms with van der Waals surface area (Å²) in [6.07, 6.45) is 2.83. The predicted molar refractivity (Wildman–Crippen MR) is 58.6 cm³/mol. The van der Waals surface area contributed by atoms with Crippen molar-refractivity contribution in [2.75, 3.05) is 0 Å². The van der Waals surface area contributed by atoms with Crippen molar-refractivity contribution >= 4 is 0 Å². The molecule has 0 atom stereocenters. The van der Waals surface area contributed by atoms with Gasteiger partial charge >= 0.3 is 0 Å². The van der Waals surface area contributed by atoms with Crippen LogP contribution in [0, 0.1) is 6.92 Å². The summed E-state index contributed by atoms with van der Waals surface area (Å²) in [5.41, 5.74) is 2.46. The van der Waals surface area contributed by atoms with Crippen molar-refractivity contribution < 1.29 is 4.74 Å². The number of hydrogen-bond donors (Lipinski definition) is 0. The van der Waals surface area contributed by atoms with E-state index in [1.54, 1.807) is 0 Å². The summed E-state index contributed by atoms with van der Waals surface area (Å²) in [5.74, 6) is 1.74. The molecule has 1 fully saturated rings. The van der Waals surface area contributed by atoms with E-state index < -0.39 is 0 Å². The molecule has 1 aromatic carbocycles. The van der Waals surface area contributed by atoms with Crippen molar-refractivity contribution in [3.05, 3.63) is 36.2 Å². The summed E-state index contributed by atoms with van der Waals surface area (Å²) in [4.78, 5) is 0. The highest BCUT2D eigenvalue weighted by Crippen LogP contribution is 2.45. The van der Waals surface area contributed by atoms with Crippen molar-refractivity contribution in [3.8, 4) is 5.75 Å². The minimum Gasteiger partial charge on any atom is -0.491 e. The molecule has 1 radical (unpaired) electrons. The Labute approximate surface area is 86.1 Å². The Bertz CT molecular complexity index is 324. The quantitative estimate of drug-likeness (QED) is 0.706. The molecule has 0 aliphatic heterocycles. The van der Waals surface area contributed by atoms with E-state index in [-0.39, 0.29) is 6.10 Å². The largest absolute Gasteiger partial charge is 0.491 e. The van der Waals surface area contributed by atoms with Crippen LogP contribution in [0.2, 0.25) is 0 Å². The maximum Gasteiger partial charge on any atom is 0.123 e. The lowest BCUT2D eigenvalue weighted by atomic mass is 10.0. The summed E-state index contributed by atoms with van der Waals surface area (Å²) >= 11 is 0. The first-order valence-corrected chi connectivity index (χ1v) is 5.30. The molecule has 2 rings (SSSR count). The van der Waals surface area contributed by atoms with Crippen LogP contribution in [0.1, 0.15) is 43.7 Å². The van der Waals surface area contributed by atoms with Crippen molar-refractivity contribution in [3.63, 3.8) is 0 Å². The molecule has 14 heavy (non-hydrogen) atoms. The van der Waals surface area contributed by atoms with Gasteiger partial charge in [0.1, 0.15) is 5.75 Å². The maximum atomic E-state index is 5.79. The van der Waals surface area contributed by atoms with Crippen molar-refractivity contribution in [2.45, 2.75) is 38.7 Å². The third-order valence-corrected chi connectivity index (χ3v) is 2.50. The van der Waals surface area contributed by atoms with E-state index in [1.165, 1.54) is 18.4 Å². The van der Waals surface area contributed by atoms with Gasteiger partial charge in [-0.1, -0.05) is 12.1 Å². The smallest absolute Gasteiger partial charge is 0.123 e. The van der Waals surface area contributed by atoms with Crippen LogP contribution < -0.4 is 4.74 Å². The summed E-state index contributed by atoms with van der Waals surface area (Å²) in [7, 11) is 0. The van der Waals surface area contributed by atoms with E-state index in [9.17, 15) is 0 Å². The fourth-order valence-corrected chi connectivity index (χ4v) is 1.78. The zero-order chi connectivity index (χ0) is 10.1. The second-order valence-electron chi connectivity index (χ2n) is 4.27. The Morgan fingerprint density at radius 3 is 2.64 bits per heavy atom. The van der Waals surface area contributed by atoms with E-state index in [2.05, 4.69) is 32.9 Å². The topological polar surface area (TPSA) is 9.23 Å². The summed E-state index contributed by atoms with van der Waals surface area (Å²) in [6, 6.07) is 6.15. The predicted octanol–water partition coefficient (Wildman–Crippen LogP) is 3.53. The Balaban J connectivity index is 2.32. The summed E-state index contributed by atoms with van der Waals surface area (Å²) in [5, 5.41) is 0. The number of benzene rings is 1. The van der Waals surface area contributed by atoms with Gasteiger partial charge in [-0.15, -0.1) is 0 Å². The molecule has 0 aromatic heterocycles. The number of rotatable bonds is 3. The van der Waals surface area contributed by atoms with Crippen LogP contribution in [0.5, 0.6) is 5.75 Å². The molecule has 0 spiro atoms. The van der Waals surface area contributed by atoms with E-state index >= 15 is 0 Å². The second kappa shape index (κ2) is 3.64. The average molecular weight is 189 g/mol. The molecular weight excluding hydrogens is 172 g/mol.